The lowest BCUT2D eigenvalue weighted by Gasteiger charge is -2.42. The number of likely N-dealkylation sites (tertiary alicyclic amines) is 2. The Balaban J connectivity index is 1.11. The van der Waals surface area contributed by atoms with Crippen LogP contribution < -0.4 is 4.90 Å². The number of thiol groups is 1. The molecule has 3 saturated heterocycles. The van der Waals surface area contributed by atoms with Gasteiger partial charge in [-0.2, -0.15) is 0 Å². The fourth-order valence-corrected chi connectivity index (χ4v) is 8.33. The Morgan fingerprint density at radius 2 is 1.49 bits per heavy atom. The third-order valence-electron chi connectivity index (χ3n) is 9.12. The minimum atomic E-state index is 0.130. The smallest absolute Gasteiger partial charge is 0.225 e. The molecule has 4 aliphatic rings. The topological polar surface area (TPSA) is 52.6 Å². The molecule has 1 aromatic heterocycles. The zero-order valence-corrected chi connectivity index (χ0v) is 23.3. The van der Waals surface area contributed by atoms with Crippen LogP contribution in [0, 0.1) is 11.8 Å². The second-order valence-electron chi connectivity index (χ2n) is 12.2. The molecule has 5 rings (SSSR count). The van der Waals surface area contributed by atoms with Crippen LogP contribution in [0.5, 0.6) is 0 Å². The van der Waals surface area contributed by atoms with Crippen LogP contribution in [0.4, 0.5) is 5.95 Å². The molecular weight excluding hydrogens is 454 g/mol. The van der Waals surface area contributed by atoms with E-state index >= 15 is 0 Å². The molecule has 1 aliphatic carbocycles. The Labute approximate surface area is 215 Å². The number of hydrogen-bond donors (Lipinski definition) is 1. The minimum Gasteiger partial charge on any atom is -0.332 e. The molecule has 0 N–H and O–H groups in total. The zero-order valence-electron chi connectivity index (χ0n) is 22.4. The average Bonchev–Trinajstić information content (AvgIpc) is 3.13. The van der Waals surface area contributed by atoms with Crippen molar-refractivity contribution in [2.45, 2.75) is 89.3 Å². The number of nitrogens with zero attached hydrogens (tertiary/aromatic N) is 5. The number of aromatic nitrogens is 2. The van der Waals surface area contributed by atoms with Gasteiger partial charge in [0, 0.05) is 61.3 Å². The highest BCUT2D eigenvalue weighted by Crippen LogP contribution is 2.36. The molecule has 2 unspecified atom stereocenters. The maximum atomic E-state index is 12.4. The molecule has 7 heteroatoms. The van der Waals surface area contributed by atoms with Crippen molar-refractivity contribution in [2.24, 2.45) is 11.8 Å². The number of piperazine rings is 1. The van der Waals surface area contributed by atoms with Crippen molar-refractivity contribution < 1.29 is 4.79 Å². The minimum absolute atomic E-state index is 0.130. The van der Waals surface area contributed by atoms with E-state index in [4.69, 9.17) is 9.97 Å². The first-order valence-corrected chi connectivity index (χ1v) is 16.6. The summed E-state index contributed by atoms with van der Waals surface area (Å²) in [5.74, 6) is 3.80. The number of ketones is 1. The molecule has 1 saturated carbocycles. The molecule has 3 aliphatic heterocycles. The number of piperidine rings is 1. The third-order valence-corrected chi connectivity index (χ3v) is 10.1. The largest absolute Gasteiger partial charge is 0.332 e. The third kappa shape index (κ3) is 5.72. The van der Waals surface area contributed by atoms with E-state index < -0.39 is 0 Å². The summed E-state index contributed by atoms with van der Waals surface area (Å²) < 4.78 is 0. The van der Waals surface area contributed by atoms with Crippen LogP contribution in [0.2, 0.25) is 0 Å². The van der Waals surface area contributed by atoms with Crippen molar-refractivity contribution in [2.75, 3.05) is 49.5 Å². The average molecular weight is 502 g/mol. The molecule has 4 fully saturated rings. The highest BCUT2D eigenvalue weighted by atomic mass is 32.2. The maximum Gasteiger partial charge on any atom is 0.225 e. The van der Waals surface area contributed by atoms with E-state index in [1.807, 2.05) is 13.8 Å². The van der Waals surface area contributed by atoms with Crippen LogP contribution >= 0.6 is 10.9 Å². The molecular formula is C28H47N5OS. The summed E-state index contributed by atoms with van der Waals surface area (Å²) in [4.78, 5) is 30.1. The first-order chi connectivity index (χ1) is 16.9. The molecule has 2 atom stereocenters. The lowest BCUT2D eigenvalue weighted by Crippen LogP contribution is -2.54. The molecule has 35 heavy (non-hydrogen) atoms. The molecule has 6 nitrogen and oxygen atoms in total. The van der Waals surface area contributed by atoms with Crippen molar-refractivity contribution in [1.82, 2.24) is 19.8 Å². The number of hydrogen-bond acceptors (Lipinski definition) is 6. The molecule has 4 heterocycles. The number of fused-ring (bicyclic) bond motifs is 2. The quantitative estimate of drug-likeness (QED) is 0.562. The summed E-state index contributed by atoms with van der Waals surface area (Å²) >= 11 is 0. The van der Waals surface area contributed by atoms with Crippen molar-refractivity contribution >= 4 is 22.6 Å². The summed E-state index contributed by atoms with van der Waals surface area (Å²) in [6.45, 7) is 8.79. The Bertz CT molecular complexity index is 831. The van der Waals surface area contributed by atoms with Gasteiger partial charge in [-0.15, -0.1) is 0 Å². The fraction of sp³-hybridized carbons (Fsp3) is 0.821. The normalized spacial score (nSPS) is 31.2. The van der Waals surface area contributed by atoms with Gasteiger partial charge in [0.1, 0.15) is 5.78 Å². The molecule has 0 aromatic carbocycles. The van der Waals surface area contributed by atoms with Gasteiger partial charge in [0.05, 0.1) is 0 Å². The Morgan fingerprint density at radius 3 is 2.03 bits per heavy atom. The number of Topliss-reactive ketones (excluding diaryl/α,β-unsaturated/α-hetero) is 1. The van der Waals surface area contributed by atoms with Gasteiger partial charge in [-0.1, -0.05) is 13.8 Å². The number of carbonyl (C=O) groups is 1. The zero-order chi connectivity index (χ0) is 24.5. The first kappa shape index (κ1) is 25.5. The van der Waals surface area contributed by atoms with Crippen LogP contribution in [-0.4, -0.2) is 88.2 Å². The first-order valence-electron chi connectivity index (χ1n) is 14.1. The van der Waals surface area contributed by atoms with Crippen LogP contribution in [0.3, 0.4) is 0 Å². The summed E-state index contributed by atoms with van der Waals surface area (Å²) in [6, 6.07) is 1.85. The van der Waals surface area contributed by atoms with Crippen molar-refractivity contribution in [3.05, 3.63) is 18.0 Å². The lowest BCUT2D eigenvalue weighted by molar-refractivity contribution is -0.127. The van der Waals surface area contributed by atoms with E-state index in [2.05, 4.69) is 39.6 Å². The second-order valence-corrected chi connectivity index (χ2v) is 14.7. The summed E-state index contributed by atoms with van der Waals surface area (Å²) in [5, 5.41) is 0. The number of carbonyl (C=O) groups excluding carboxylic acids is 1. The van der Waals surface area contributed by atoms with Gasteiger partial charge in [0.2, 0.25) is 5.95 Å². The predicted octanol–water partition coefficient (Wildman–Crippen LogP) is 4.31. The van der Waals surface area contributed by atoms with Crippen molar-refractivity contribution in [3.8, 4) is 0 Å². The number of rotatable bonds is 7. The summed E-state index contributed by atoms with van der Waals surface area (Å²) in [6.07, 6.45) is 18.6. The van der Waals surface area contributed by atoms with E-state index in [1.54, 1.807) is 0 Å². The van der Waals surface area contributed by atoms with Crippen LogP contribution in [-0.2, 0) is 4.79 Å². The predicted molar refractivity (Wildman–Crippen MR) is 148 cm³/mol. The van der Waals surface area contributed by atoms with Gasteiger partial charge in [-0.05, 0) is 88.4 Å². The van der Waals surface area contributed by atoms with Gasteiger partial charge in [0.25, 0.3) is 0 Å². The Hall–Kier alpha value is -1.18. The molecule has 196 valence electrons. The molecule has 0 spiro atoms. The number of anilines is 1. The molecule has 1 aromatic rings. The van der Waals surface area contributed by atoms with E-state index in [0.717, 1.165) is 18.8 Å². The van der Waals surface area contributed by atoms with E-state index in [0.29, 0.717) is 35.7 Å². The standard InChI is InChI=1S/C28H47N5OS/c1-20(2)27(34)22-5-7-24(8-6-22)32-13-11-21(12-14-32)23-15-29-28(30-16-23)33-25-9-10-26(33)18-31(17-25)19-35(3)4/h15-16,20-22,24-26,35H,5-14,17-19H2,1-4H3/t22-,24-,25?,26?. The van der Waals surface area contributed by atoms with Gasteiger partial charge in [-0.25, -0.2) is 20.9 Å². The van der Waals surface area contributed by atoms with Crippen molar-refractivity contribution in [1.29, 1.82) is 0 Å². The van der Waals surface area contributed by atoms with E-state index in [-0.39, 0.29) is 16.8 Å². The second kappa shape index (κ2) is 11.1. The van der Waals surface area contributed by atoms with E-state index in [9.17, 15) is 4.79 Å². The highest BCUT2D eigenvalue weighted by Gasteiger charge is 2.41. The molecule has 0 radical (unpaired) electrons. The van der Waals surface area contributed by atoms with Gasteiger partial charge >= 0.3 is 0 Å². The van der Waals surface area contributed by atoms with Crippen LogP contribution in [0.1, 0.15) is 76.7 Å². The Morgan fingerprint density at radius 1 is 0.914 bits per heavy atom. The van der Waals surface area contributed by atoms with Crippen LogP contribution in [0.15, 0.2) is 12.4 Å². The maximum absolute atomic E-state index is 12.4. The summed E-state index contributed by atoms with van der Waals surface area (Å²) in [5.41, 5.74) is 1.33. The van der Waals surface area contributed by atoms with Crippen LogP contribution in [0.25, 0.3) is 0 Å². The van der Waals surface area contributed by atoms with Crippen molar-refractivity contribution in [3.63, 3.8) is 0 Å². The monoisotopic (exact) mass is 501 g/mol. The van der Waals surface area contributed by atoms with Gasteiger partial charge in [-0.3, -0.25) is 9.69 Å². The lowest BCUT2D eigenvalue weighted by atomic mass is 9.79. The summed E-state index contributed by atoms with van der Waals surface area (Å²) in [7, 11) is 0.130. The van der Waals surface area contributed by atoms with Gasteiger partial charge in [0.15, 0.2) is 0 Å². The molecule has 2 bridgehead atoms. The van der Waals surface area contributed by atoms with E-state index in [1.165, 1.54) is 76.1 Å². The van der Waals surface area contributed by atoms with Gasteiger partial charge < -0.3 is 9.80 Å². The highest BCUT2D eigenvalue weighted by molar-refractivity contribution is 8.15. The fourth-order valence-electron chi connectivity index (χ4n) is 7.30. The Kier molecular flexibility index (Phi) is 8.05. The molecule has 0 amide bonds. The SMILES string of the molecule is CC(C)C(=O)[C@H]1CC[C@H](N2CCC(c3cnc(N4C5CCC4CN(C[SH](C)C)C5)nc3)CC2)CC1.